The Morgan fingerprint density at radius 1 is 1.27 bits per heavy atom. The number of hydrogen-bond donors (Lipinski definition) is 2. The van der Waals surface area contributed by atoms with Crippen molar-refractivity contribution in [1.82, 2.24) is 14.9 Å². The number of fused-ring (bicyclic) bond motifs is 1. The number of pyridine rings is 2. The zero-order chi connectivity index (χ0) is 21.7. The lowest BCUT2D eigenvalue weighted by Gasteiger charge is -2.09. The summed E-state index contributed by atoms with van der Waals surface area (Å²) >= 11 is 0. The van der Waals surface area contributed by atoms with Crippen LogP contribution < -0.4 is 10.9 Å². The van der Waals surface area contributed by atoms with E-state index in [-0.39, 0.29) is 17.1 Å². The number of amides is 1. The van der Waals surface area contributed by atoms with E-state index in [0.717, 1.165) is 0 Å². The Morgan fingerprint density at radius 3 is 2.83 bits per heavy atom. The number of carbonyl (C=O) groups is 2. The first-order chi connectivity index (χ1) is 14.4. The monoisotopic (exact) mass is 407 g/mol. The topological polar surface area (TPSA) is 111 Å². The van der Waals surface area contributed by atoms with Gasteiger partial charge in [0.15, 0.2) is 5.78 Å². The van der Waals surface area contributed by atoms with Crippen LogP contribution >= 0.6 is 0 Å². The first kappa shape index (κ1) is 20.9. The first-order valence-corrected chi connectivity index (χ1v) is 9.20. The van der Waals surface area contributed by atoms with E-state index in [1.54, 1.807) is 43.5 Å². The van der Waals surface area contributed by atoms with Crippen molar-refractivity contribution in [3.05, 3.63) is 75.7 Å². The van der Waals surface area contributed by atoms with Gasteiger partial charge in [0.2, 0.25) is 0 Å². The predicted molar refractivity (Wildman–Crippen MR) is 113 cm³/mol. The number of aromatic hydroxyl groups is 1. The fraction of sp³-hybridized carbons (Fsp3) is 0.182. The van der Waals surface area contributed by atoms with Crippen LogP contribution in [-0.2, 0) is 11.8 Å². The summed E-state index contributed by atoms with van der Waals surface area (Å²) in [6.07, 6.45) is 4.18. The van der Waals surface area contributed by atoms with Crippen LogP contribution in [0.5, 0.6) is 5.75 Å². The standard InChI is InChI=1S/C22H21N3O5/c1-25-20-16(7-4-10-23-20)19(27)18(22(25)29)17(26)9-8-14-5-3-6-15(13-14)21(28)24-11-12-30-2/h3-10,13,27H,11-12H2,1-2H3,(H,24,28)/b9-8+. The van der Waals surface area contributed by atoms with Crippen LogP contribution in [0.4, 0.5) is 0 Å². The molecule has 30 heavy (non-hydrogen) atoms. The highest BCUT2D eigenvalue weighted by Crippen LogP contribution is 2.25. The van der Waals surface area contributed by atoms with E-state index < -0.39 is 17.1 Å². The van der Waals surface area contributed by atoms with Gasteiger partial charge in [-0.25, -0.2) is 4.98 Å². The van der Waals surface area contributed by atoms with Gasteiger partial charge in [0, 0.05) is 32.5 Å². The summed E-state index contributed by atoms with van der Waals surface area (Å²) in [6, 6.07) is 9.88. The number of carbonyl (C=O) groups excluding carboxylic acids is 2. The molecule has 0 saturated carbocycles. The molecule has 0 spiro atoms. The van der Waals surface area contributed by atoms with E-state index in [0.29, 0.717) is 29.7 Å². The summed E-state index contributed by atoms with van der Waals surface area (Å²) in [6.45, 7) is 0.785. The Balaban J connectivity index is 1.88. The maximum absolute atomic E-state index is 12.7. The molecule has 0 radical (unpaired) electrons. The Morgan fingerprint density at radius 2 is 2.07 bits per heavy atom. The van der Waals surface area contributed by atoms with Crippen molar-refractivity contribution in [2.45, 2.75) is 0 Å². The number of ketones is 1. The molecule has 2 aromatic heterocycles. The molecule has 1 aromatic carbocycles. The number of methoxy groups -OCH3 is 1. The van der Waals surface area contributed by atoms with Crippen LogP contribution in [0.3, 0.4) is 0 Å². The van der Waals surface area contributed by atoms with Crippen molar-refractivity contribution >= 4 is 28.8 Å². The lowest BCUT2D eigenvalue weighted by atomic mass is 10.1. The molecule has 8 heteroatoms. The minimum absolute atomic E-state index is 0.262. The van der Waals surface area contributed by atoms with Gasteiger partial charge in [-0.3, -0.25) is 19.0 Å². The van der Waals surface area contributed by atoms with Crippen molar-refractivity contribution in [2.24, 2.45) is 7.05 Å². The zero-order valence-corrected chi connectivity index (χ0v) is 16.6. The first-order valence-electron chi connectivity index (χ1n) is 9.20. The molecule has 0 aliphatic rings. The molecule has 3 rings (SSSR count). The number of aromatic nitrogens is 2. The molecule has 0 unspecified atom stereocenters. The van der Waals surface area contributed by atoms with Crippen LogP contribution in [0.1, 0.15) is 26.3 Å². The molecule has 154 valence electrons. The Labute approximate surface area is 172 Å². The Bertz CT molecular complexity index is 1200. The summed E-state index contributed by atoms with van der Waals surface area (Å²) in [7, 11) is 3.04. The average molecular weight is 407 g/mol. The highest BCUT2D eigenvalue weighted by Gasteiger charge is 2.19. The molecular weight excluding hydrogens is 386 g/mol. The number of rotatable bonds is 7. The van der Waals surface area contributed by atoms with Crippen LogP contribution in [0.25, 0.3) is 17.1 Å². The minimum Gasteiger partial charge on any atom is -0.506 e. The van der Waals surface area contributed by atoms with Crippen LogP contribution in [0.2, 0.25) is 0 Å². The summed E-state index contributed by atoms with van der Waals surface area (Å²) in [5.74, 6) is -1.31. The van der Waals surface area contributed by atoms with E-state index in [9.17, 15) is 19.5 Å². The van der Waals surface area contributed by atoms with E-state index in [4.69, 9.17) is 4.74 Å². The molecule has 0 aliphatic carbocycles. The van der Waals surface area contributed by atoms with Gasteiger partial charge in [-0.2, -0.15) is 0 Å². The molecule has 2 N–H and O–H groups in total. The van der Waals surface area contributed by atoms with Gasteiger partial charge in [-0.15, -0.1) is 0 Å². The number of hydrogen-bond acceptors (Lipinski definition) is 6. The van der Waals surface area contributed by atoms with E-state index in [1.807, 2.05) is 0 Å². The maximum Gasteiger partial charge on any atom is 0.266 e. The fourth-order valence-electron chi connectivity index (χ4n) is 2.98. The Kier molecular flexibility index (Phi) is 6.38. The molecular formula is C22H21N3O5. The smallest absolute Gasteiger partial charge is 0.266 e. The number of allylic oxidation sites excluding steroid dienone is 1. The van der Waals surface area contributed by atoms with Gasteiger partial charge in [0.25, 0.3) is 11.5 Å². The third-order valence-corrected chi connectivity index (χ3v) is 4.53. The highest BCUT2D eigenvalue weighted by atomic mass is 16.5. The molecule has 8 nitrogen and oxygen atoms in total. The quantitative estimate of drug-likeness (QED) is 0.352. The van der Waals surface area contributed by atoms with Crippen LogP contribution in [-0.4, -0.2) is 46.6 Å². The second-order valence-corrected chi connectivity index (χ2v) is 6.53. The molecule has 0 bridgehead atoms. The molecule has 0 saturated heterocycles. The van der Waals surface area contributed by atoms with Gasteiger partial charge in [0.05, 0.1) is 12.0 Å². The SMILES string of the molecule is COCCNC(=O)c1cccc(/C=C/C(=O)c2c(O)c3cccnc3n(C)c2=O)c1. The molecule has 0 aliphatic heterocycles. The number of nitrogens with one attached hydrogen (secondary N) is 1. The minimum atomic E-state index is -0.645. The molecule has 1 amide bonds. The third-order valence-electron chi connectivity index (χ3n) is 4.53. The summed E-state index contributed by atoms with van der Waals surface area (Å²) in [5, 5.41) is 13.5. The van der Waals surface area contributed by atoms with E-state index >= 15 is 0 Å². The number of ether oxygens (including phenoxy) is 1. The number of benzene rings is 1. The van der Waals surface area contributed by atoms with Crippen molar-refractivity contribution in [3.8, 4) is 5.75 Å². The zero-order valence-electron chi connectivity index (χ0n) is 16.6. The van der Waals surface area contributed by atoms with Gasteiger partial charge in [0.1, 0.15) is 17.0 Å². The lowest BCUT2D eigenvalue weighted by Crippen LogP contribution is -2.26. The second kappa shape index (κ2) is 9.15. The second-order valence-electron chi connectivity index (χ2n) is 6.53. The number of nitrogens with zero attached hydrogens (tertiary/aromatic N) is 2. The van der Waals surface area contributed by atoms with Gasteiger partial charge in [-0.1, -0.05) is 18.2 Å². The van der Waals surface area contributed by atoms with Crippen LogP contribution in [0.15, 0.2) is 53.5 Å². The summed E-state index contributed by atoms with van der Waals surface area (Å²) < 4.78 is 6.12. The molecule has 0 atom stereocenters. The molecule has 0 fully saturated rings. The summed E-state index contributed by atoms with van der Waals surface area (Å²) in [4.78, 5) is 41.5. The van der Waals surface area contributed by atoms with E-state index in [2.05, 4.69) is 10.3 Å². The molecule has 3 aromatic rings. The van der Waals surface area contributed by atoms with Gasteiger partial charge in [-0.05, 0) is 35.9 Å². The normalized spacial score (nSPS) is 11.1. The van der Waals surface area contributed by atoms with Crippen LogP contribution in [0, 0.1) is 0 Å². The predicted octanol–water partition coefficient (Wildman–Crippen LogP) is 1.91. The lowest BCUT2D eigenvalue weighted by molar-refractivity contribution is 0.0936. The third kappa shape index (κ3) is 4.28. The molecule has 2 heterocycles. The Hall–Kier alpha value is -3.78. The van der Waals surface area contributed by atoms with Gasteiger partial charge >= 0.3 is 0 Å². The van der Waals surface area contributed by atoms with Crippen molar-refractivity contribution < 1.29 is 19.4 Å². The van der Waals surface area contributed by atoms with Gasteiger partial charge < -0.3 is 15.2 Å². The van der Waals surface area contributed by atoms with Crippen molar-refractivity contribution in [3.63, 3.8) is 0 Å². The largest absolute Gasteiger partial charge is 0.506 e. The van der Waals surface area contributed by atoms with Crippen molar-refractivity contribution in [1.29, 1.82) is 0 Å². The van der Waals surface area contributed by atoms with E-state index in [1.165, 1.54) is 30.0 Å². The summed E-state index contributed by atoms with van der Waals surface area (Å²) in [5.41, 5.74) is 0.341. The average Bonchev–Trinajstić information content (AvgIpc) is 2.76. The highest BCUT2D eigenvalue weighted by molar-refractivity contribution is 6.11. The number of aryl methyl sites for hydroxylation is 1. The van der Waals surface area contributed by atoms with Crippen molar-refractivity contribution in [2.75, 3.05) is 20.3 Å². The fourth-order valence-corrected chi connectivity index (χ4v) is 2.98. The maximum atomic E-state index is 12.7.